The first-order valence-corrected chi connectivity index (χ1v) is 6.11. The molecule has 0 bridgehead atoms. The van der Waals surface area contributed by atoms with E-state index in [0.717, 1.165) is 32.8 Å². The molecule has 1 aromatic carbocycles. The van der Waals surface area contributed by atoms with Gasteiger partial charge in [0.05, 0.1) is 18.9 Å². The largest absolute Gasteiger partial charge is 0.490 e. The molecule has 1 fully saturated rings. The van der Waals surface area contributed by atoms with Crippen LogP contribution >= 0.6 is 11.6 Å². The average molecular weight is 257 g/mol. The highest BCUT2D eigenvalue weighted by molar-refractivity contribution is 6.30. The van der Waals surface area contributed by atoms with E-state index >= 15 is 0 Å². The van der Waals surface area contributed by atoms with Gasteiger partial charge in [0.2, 0.25) is 0 Å². The number of rotatable bonds is 4. The standard InChI is InChI=1S/C12H17ClN2O2/c13-10-1-2-12(11(14)9-10)17-8-5-15-3-6-16-7-4-15/h1-2,9H,3-8,14H2. The SMILES string of the molecule is Nc1cc(Cl)ccc1OCCN1CCOCC1. The lowest BCUT2D eigenvalue weighted by molar-refractivity contribution is 0.0323. The lowest BCUT2D eigenvalue weighted by Gasteiger charge is -2.26. The van der Waals surface area contributed by atoms with E-state index in [1.165, 1.54) is 0 Å². The smallest absolute Gasteiger partial charge is 0.142 e. The van der Waals surface area contributed by atoms with E-state index in [-0.39, 0.29) is 0 Å². The summed E-state index contributed by atoms with van der Waals surface area (Å²) in [7, 11) is 0. The van der Waals surface area contributed by atoms with Crippen LogP contribution in [0.15, 0.2) is 18.2 Å². The number of halogens is 1. The van der Waals surface area contributed by atoms with E-state index in [0.29, 0.717) is 23.1 Å². The summed E-state index contributed by atoms with van der Waals surface area (Å²) in [6.07, 6.45) is 0. The van der Waals surface area contributed by atoms with Crippen LogP contribution in [0.1, 0.15) is 0 Å². The maximum Gasteiger partial charge on any atom is 0.142 e. The van der Waals surface area contributed by atoms with E-state index < -0.39 is 0 Å². The Morgan fingerprint density at radius 1 is 1.35 bits per heavy atom. The van der Waals surface area contributed by atoms with Crippen LogP contribution in [0.3, 0.4) is 0 Å². The number of hydrogen-bond acceptors (Lipinski definition) is 4. The minimum absolute atomic E-state index is 0.583. The van der Waals surface area contributed by atoms with Gasteiger partial charge < -0.3 is 15.2 Å². The lowest BCUT2D eigenvalue weighted by Crippen LogP contribution is -2.38. The van der Waals surface area contributed by atoms with E-state index in [1.807, 2.05) is 0 Å². The van der Waals surface area contributed by atoms with Crippen molar-refractivity contribution < 1.29 is 9.47 Å². The summed E-state index contributed by atoms with van der Waals surface area (Å²) >= 11 is 5.82. The zero-order valence-corrected chi connectivity index (χ0v) is 10.4. The highest BCUT2D eigenvalue weighted by Gasteiger charge is 2.10. The highest BCUT2D eigenvalue weighted by atomic mass is 35.5. The topological polar surface area (TPSA) is 47.7 Å². The first kappa shape index (κ1) is 12.5. The fourth-order valence-electron chi connectivity index (χ4n) is 1.76. The van der Waals surface area contributed by atoms with Crippen LogP contribution in [-0.2, 0) is 4.74 Å². The van der Waals surface area contributed by atoms with Crippen molar-refractivity contribution in [2.75, 3.05) is 45.2 Å². The average Bonchev–Trinajstić information content (AvgIpc) is 2.33. The molecule has 0 amide bonds. The molecule has 1 saturated heterocycles. The normalized spacial score (nSPS) is 17.0. The molecule has 17 heavy (non-hydrogen) atoms. The van der Waals surface area contributed by atoms with Crippen LogP contribution < -0.4 is 10.5 Å². The first-order valence-electron chi connectivity index (χ1n) is 5.73. The molecule has 0 saturated carbocycles. The van der Waals surface area contributed by atoms with E-state index in [2.05, 4.69) is 4.90 Å². The molecule has 94 valence electrons. The summed E-state index contributed by atoms with van der Waals surface area (Å²) in [5.74, 6) is 0.697. The number of benzene rings is 1. The summed E-state index contributed by atoms with van der Waals surface area (Å²) in [4.78, 5) is 2.32. The second kappa shape index (κ2) is 6.10. The van der Waals surface area contributed by atoms with Gasteiger partial charge in [-0.05, 0) is 18.2 Å². The number of nitrogen functional groups attached to an aromatic ring is 1. The van der Waals surface area contributed by atoms with Crippen LogP contribution in [0.4, 0.5) is 5.69 Å². The molecule has 1 aromatic rings. The molecule has 0 radical (unpaired) electrons. The number of ether oxygens (including phenoxy) is 2. The van der Waals surface area contributed by atoms with Crippen molar-refractivity contribution in [3.8, 4) is 5.75 Å². The maximum absolute atomic E-state index is 5.82. The Labute approximate surface area is 106 Å². The zero-order chi connectivity index (χ0) is 12.1. The predicted octanol–water partition coefficient (Wildman–Crippen LogP) is 1.63. The van der Waals surface area contributed by atoms with E-state index in [1.54, 1.807) is 18.2 Å². The summed E-state index contributed by atoms with van der Waals surface area (Å²) in [6.45, 7) is 5.09. The van der Waals surface area contributed by atoms with Crippen LogP contribution in [0.25, 0.3) is 0 Å². The minimum Gasteiger partial charge on any atom is -0.490 e. The van der Waals surface area contributed by atoms with Crippen molar-refractivity contribution in [2.24, 2.45) is 0 Å². The molecule has 0 atom stereocenters. The molecule has 0 aromatic heterocycles. The molecule has 0 spiro atoms. The number of nitrogens with zero attached hydrogens (tertiary/aromatic N) is 1. The van der Waals surface area contributed by atoms with Crippen molar-refractivity contribution in [2.45, 2.75) is 0 Å². The molecule has 0 unspecified atom stereocenters. The second-order valence-corrected chi connectivity index (χ2v) is 4.42. The van der Waals surface area contributed by atoms with Gasteiger partial charge in [0, 0.05) is 24.7 Å². The fraction of sp³-hybridized carbons (Fsp3) is 0.500. The third-order valence-electron chi connectivity index (χ3n) is 2.74. The molecule has 0 aliphatic carbocycles. The Bertz CT molecular complexity index is 368. The van der Waals surface area contributed by atoms with E-state index in [4.69, 9.17) is 26.8 Å². The van der Waals surface area contributed by atoms with Crippen molar-refractivity contribution in [3.63, 3.8) is 0 Å². The lowest BCUT2D eigenvalue weighted by atomic mass is 10.3. The number of nitrogens with two attached hydrogens (primary N) is 1. The zero-order valence-electron chi connectivity index (χ0n) is 9.69. The molecule has 5 heteroatoms. The van der Waals surface area contributed by atoms with Crippen LogP contribution in [-0.4, -0.2) is 44.4 Å². The molecule has 4 nitrogen and oxygen atoms in total. The molecular weight excluding hydrogens is 240 g/mol. The third kappa shape index (κ3) is 3.77. The fourth-order valence-corrected chi connectivity index (χ4v) is 1.94. The first-order chi connectivity index (χ1) is 8.25. The van der Waals surface area contributed by atoms with Gasteiger partial charge >= 0.3 is 0 Å². The van der Waals surface area contributed by atoms with E-state index in [9.17, 15) is 0 Å². The van der Waals surface area contributed by atoms with Gasteiger partial charge in [-0.2, -0.15) is 0 Å². The molecular formula is C12H17ClN2O2. The Morgan fingerprint density at radius 3 is 2.82 bits per heavy atom. The Kier molecular flexibility index (Phi) is 4.48. The highest BCUT2D eigenvalue weighted by Crippen LogP contribution is 2.24. The molecule has 2 N–H and O–H groups in total. The van der Waals surface area contributed by atoms with Gasteiger partial charge in [-0.25, -0.2) is 0 Å². The van der Waals surface area contributed by atoms with Crippen molar-refractivity contribution in [3.05, 3.63) is 23.2 Å². The molecule has 2 rings (SSSR count). The van der Waals surface area contributed by atoms with Gasteiger partial charge in [0.15, 0.2) is 0 Å². The monoisotopic (exact) mass is 256 g/mol. The third-order valence-corrected chi connectivity index (χ3v) is 2.98. The molecule has 1 aliphatic rings. The van der Waals surface area contributed by atoms with Gasteiger partial charge in [-0.3, -0.25) is 4.90 Å². The van der Waals surface area contributed by atoms with Crippen molar-refractivity contribution in [1.82, 2.24) is 4.90 Å². The summed E-state index contributed by atoms with van der Waals surface area (Å²) < 4.78 is 10.9. The Morgan fingerprint density at radius 2 is 2.12 bits per heavy atom. The van der Waals surface area contributed by atoms with Gasteiger partial charge in [-0.15, -0.1) is 0 Å². The van der Waals surface area contributed by atoms with Crippen LogP contribution in [0.2, 0.25) is 5.02 Å². The van der Waals surface area contributed by atoms with Crippen LogP contribution in [0, 0.1) is 0 Å². The van der Waals surface area contributed by atoms with Gasteiger partial charge in [-0.1, -0.05) is 11.6 Å². The van der Waals surface area contributed by atoms with Crippen molar-refractivity contribution in [1.29, 1.82) is 0 Å². The molecule has 1 aliphatic heterocycles. The maximum atomic E-state index is 5.82. The predicted molar refractivity (Wildman–Crippen MR) is 68.6 cm³/mol. The summed E-state index contributed by atoms with van der Waals surface area (Å²) in [5, 5.41) is 0.628. The number of hydrogen-bond donors (Lipinski definition) is 1. The van der Waals surface area contributed by atoms with Crippen molar-refractivity contribution >= 4 is 17.3 Å². The van der Waals surface area contributed by atoms with Gasteiger partial charge in [0.25, 0.3) is 0 Å². The van der Waals surface area contributed by atoms with Crippen LogP contribution in [0.5, 0.6) is 5.75 Å². The summed E-state index contributed by atoms with van der Waals surface area (Å²) in [6, 6.07) is 5.28. The molecule has 1 heterocycles. The Balaban J connectivity index is 1.77. The summed E-state index contributed by atoms with van der Waals surface area (Å²) in [5.41, 5.74) is 6.38. The van der Waals surface area contributed by atoms with Gasteiger partial charge in [0.1, 0.15) is 12.4 Å². The minimum atomic E-state index is 0.583. The number of anilines is 1. The second-order valence-electron chi connectivity index (χ2n) is 3.98. The number of morpholine rings is 1. The Hall–Kier alpha value is -0.970. The quantitative estimate of drug-likeness (QED) is 0.832.